The molecule has 1 atom stereocenters. The molecule has 2 aromatic carbocycles. The van der Waals surface area contributed by atoms with E-state index < -0.39 is 11.9 Å². The van der Waals surface area contributed by atoms with Gasteiger partial charge in [0.1, 0.15) is 11.5 Å². The summed E-state index contributed by atoms with van der Waals surface area (Å²) in [5.41, 5.74) is 2.70. The average Bonchev–Trinajstić information content (AvgIpc) is 2.53. The Morgan fingerprint density at radius 2 is 1.77 bits per heavy atom. The molecule has 0 amide bonds. The summed E-state index contributed by atoms with van der Waals surface area (Å²) in [4.78, 5) is 11.7. The van der Waals surface area contributed by atoms with Crippen LogP contribution in [0.1, 0.15) is 22.6 Å². The predicted molar refractivity (Wildman–Crippen MR) is 84.8 cm³/mol. The maximum atomic E-state index is 11.7. The molecule has 2 rings (SSSR count). The molecule has 0 aliphatic carbocycles. The molecule has 1 N–H and O–H groups in total. The van der Waals surface area contributed by atoms with E-state index in [0.717, 1.165) is 16.7 Å². The van der Waals surface area contributed by atoms with Gasteiger partial charge >= 0.3 is 5.97 Å². The molecule has 116 valence electrons. The van der Waals surface area contributed by atoms with Crippen molar-refractivity contribution >= 4 is 5.97 Å². The Balaban J connectivity index is 2.35. The number of rotatable bonds is 6. The van der Waals surface area contributed by atoms with Gasteiger partial charge in [0.05, 0.1) is 20.1 Å². The average molecular weight is 300 g/mol. The number of methoxy groups -OCH3 is 2. The van der Waals surface area contributed by atoms with Crippen LogP contribution in [0.4, 0.5) is 0 Å². The van der Waals surface area contributed by atoms with Gasteiger partial charge in [-0.25, -0.2) is 0 Å². The van der Waals surface area contributed by atoms with Crippen molar-refractivity contribution in [2.45, 2.75) is 19.3 Å². The van der Waals surface area contributed by atoms with Crippen molar-refractivity contribution < 1.29 is 19.4 Å². The Hall–Kier alpha value is -2.49. The molecule has 0 fully saturated rings. The second kappa shape index (κ2) is 6.98. The lowest BCUT2D eigenvalue weighted by Crippen LogP contribution is -2.15. The summed E-state index contributed by atoms with van der Waals surface area (Å²) >= 11 is 0. The third kappa shape index (κ3) is 3.58. The molecule has 4 heteroatoms. The van der Waals surface area contributed by atoms with E-state index in [4.69, 9.17) is 9.47 Å². The highest BCUT2D eigenvalue weighted by molar-refractivity contribution is 5.76. The molecule has 0 saturated carbocycles. The van der Waals surface area contributed by atoms with Gasteiger partial charge in [-0.3, -0.25) is 4.79 Å². The van der Waals surface area contributed by atoms with Crippen LogP contribution in [0, 0.1) is 6.92 Å². The van der Waals surface area contributed by atoms with E-state index in [9.17, 15) is 9.90 Å². The number of aliphatic carboxylic acids is 1. The molecule has 0 spiro atoms. The zero-order chi connectivity index (χ0) is 16.1. The first-order valence-electron chi connectivity index (χ1n) is 7.05. The Morgan fingerprint density at radius 1 is 1.09 bits per heavy atom. The maximum Gasteiger partial charge on any atom is 0.311 e. The molecule has 0 aliphatic rings. The van der Waals surface area contributed by atoms with Crippen molar-refractivity contribution in [1.82, 2.24) is 0 Å². The second-order valence-electron chi connectivity index (χ2n) is 5.18. The van der Waals surface area contributed by atoms with E-state index in [-0.39, 0.29) is 0 Å². The molecule has 0 heterocycles. The second-order valence-corrected chi connectivity index (χ2v) is 5.18. The first kappa shape index (κ1) is 15.9. The number of hydrogen-bond acceptors (Lipinski definition) is 3. The van der Waals surface area contributed by atoms with Crippen LogP contribution in [0.2, 0.25) is 0 Å². The minimum Gasteiger partial charge on any atom is -0.497 e. The quantitative estimate of drug-likeness (QED) is 0.888. The largest absolute Gasteiger partial charge is 0.497 e. The fourth-order valence-electron chi connectivity index (χ4n) is 2.41. The van der Waals surface area contributed by atoms with Crippen molar-refractivity contribution in [3.05, 3.63) is 59.2 Å². The zero-order valence-corrected chi connectivity index (χ0v) is 13.0. The molecular weight excluding hydrogens is 280 g/mol. The molecule has 0 aromatic heterocycles. The van der Waals surface area contributed by atoms with Crippen LogP contribution < -0.4 is 9.47 Å². The van der Waals surface area contributed by atoms with E-state index in [1.165, 1.54) is 0 Å². The predicted octanol–water partition coefficient (Wildman–Crippen LogP) is 3.42. The summed E-state index contributed by atoms with van der Waals surface area (Å²) in [5.74, 6) is -0.127. The normalized spacial score (nSPS) is 11.8. The maximum absolute atomic E-state index is 11.7. The molecular formula is C18H20O4. The minimum absolute atomic E-state index is 0.346. The van der Waals surface area contributed by atoms with Crippen LogP contribution in [-0.4, -0.2) is 25.3 Å². The van der Waals surface area contributed by atoms with Crippen LogP contribution in [0.25, 0.3) is 0 Å². The zero-order valence-electron chi connectivity index (χ0n) is 13.0. The molecule has 1 unspecified atom stereocenters. The molecule has 0 saturated heterocycles. The lowest BCUT2D eigenvalue weighted by Gasteiger charge is -2.16. The molecule has 0 radical (unpaired) electrons. The van der Waals surface area contributed by atoms with Crippen molar-refractivity contribution in [3.63, 3.8) is 0 Å². The van der Waals surface area contributed by atoms with Crippen LogP contribution in [-0.2, 0) is 11.2 Å². The number of benzene rings is 2. The highest BCUT2D eigenvalue weighted by Crippen LogP contribution is 2.30. The molecule has 22 heavy (non-hydrogen) atoms. The molecule has 4 nitrogen and oxygen atoms in total. The Labute approximate surface area is 130 Å². The topological polar surface area (TPSA) is 55.8 Å². The van der Waals surface area contributed by atoms with Gasteiger partial charge in [-0.05, 0) is 42.7 Å². The fraction of sp³-hybridized carbons (Fsp3) is 0.278. The van der Waals surface area contributed by atoms with E-state index in [2.05, 4.69) is 0 Å². The number of hydrogen-bond donors (Lipinski definition) is 1. The Morgan fingerprint density at radius 3 is 2.32 bits per heavy atom. The number of aryl methyl sites for hydroxylation is 1. The Bertz CT molecular complexity index is 647. The van der Waals surface area contributed by atoms with Gasteiger partial charge in [-0.2, -0.15) is 0 Å². The summed E-state index contributed by atoms with van der Waals surface area (Å²) in [5, 5.41) is 9.58. The van der Waals surface area contributed by atoms with E-state index in [1.54, 1.807) is 26.4 Å². The van der Waals surface area contributed by atoms with Crippen LogP contribution >= 0.6 is 0 Å². The number of carboxylic acid groups (broad SMARTS) is 1. The van der Waals surface area contributed by atoms with Crippen LogP contribution in [0.3, 0.4) is 0 Å². The third-order valence-corrected chi connectivity index (χ3v) is 3.69. The highest BCUT2D eigenvalue weighted by atomic mass is 16.5. The fourth-order valence-corrected chi connectivity index (χ4v) is 2.41. The number of ether oxygens (including phenoxy) is 2. The van der Waals surface area contributed by atoms with E-state index in [0.29, 0.717) is 17.9 Å². The van der Waals surface area contributed by atoms with Crippen molar-refractivity contribution in [3.8, 4) is 11.5 Å². The summed E-state index contributed by atoms with van der Waals surface area (Å²) in [6, 6.07) is 13.0. The smallest absolute Gasteiger partial charge is 0.311 e. The first-order chi connectivity index (χ1) is 10.5. The van der Waals surface area contributed by atoms with Gasteiger partial charge < -0.3 is 14.6 Å². The lowest BCUT2D eigenvalue weighted by molar-refractivity contribution is -0.138. The van der Waals surface area contributed by atoms with Gasteiger partial charge in [-0.1, -0.05) is 29.8 Å². The van der Waals surface area contributed by atoms with Gasteiger partial charge in [0.2, 0.25) is 0 Å². The summed E-state index contributed by atoms with van der Waals surface area (Å²) in [6.45, 7) is 1.98. The number of carboxylic acids is 1. The molecule has 0 bridgehead atoms. The Kier molecular flexibility index (Phi) is 5.04. The first-order valence-corrected chi connectivity index (χ1v) is 7.05. The molecule has 0 aliphatic heterocycles. The van der Waals surface area contributed by atoms with Gasteiger partial charge in [0, 0.05) is 0 Å². The SMILES string of the molecule is COc1ccc(OC)c(CC(C(=O)O)c2ccc(C)cc2)c1. The molecule has 2 aromatic rings. The minimum atomic E-state index is -0.853. The standard InChI is InChI=1S/C18H20O4/c1-12-4-6-13(7-5-12)16(18(19)20)11-14-10-15(21-2)8-9-17(14)22-3/h4-10,16H,11H2,1-3H3,(H,19,20). The summed E-state index contributed by atoms with van der Waals surface area (Å²) in [6.07, 6.45) is 0.346. The number of carbonyl (C=O) groups is 1. The highest BCUT2D eigenvalue weighted by Gasteiger charge is 2.22. The van der Waals surface area contributed by atoms with E-state index in [1.807, 2.05) is 37.3 Å². The van der Waals surface area contributed by atoms with Gasteiger partial charge in [0.25, 0.3) is 0 Å². The van der Waals surface area contributed by atoms with Crippen molar-refractivity contribution in [1.29, 1.82) is 0 Å². The van der Waals surface area contributed by atoms with Crippen molar-refractivity contribution in [2.75, 3.05) is 14.2 Å². The van der Waals surface area contributed by atoms with E-state index >= 15 is 0 Å². The van der Waals surface area contributed by atoms with Gasteiger partial charge in [0.15, 0.2) is 0 Å². The third-order valence-electron chi connectivity index (χ3n) is 3.69. The van der Waals surface area contributed by atoms with Crippen LogP contribution in [0.5, 0.6) is 11.5 Å². The van der Waals surface area contributed by atoms with Crippen LogP contribution in [0.15, 0.2) is 42.5 Å². The monoisotopic (exact) mass is 300 g/mol. The summed E-state index contributed by atoms with van der Waals surface area (Å²) in [7, 11) is 3.16. The summed E-state index contributed by atoms with van der Waals surface area (Å²) < 4.78 is 10.5. The van der Waals surface area contributed by atoms with Gasteiger partial charge in [-0.15, -0.1) is 0 Å². The lowest BCUT2D eigenvalue weighted by atomic mass is 9.91. The van der Waals surface area contributed by atoms with Crippen molar-refractivity contribution in [2.24, 2.45) is 0 Å².